The van der Waals surface area contributed by atoms with Gasteiger partial charge in [0.15, 0.2) is 12.4 Å². The summed E-state index contributed by atoms with van der Waals surface area (Å²) in [5, 5.41) is 9.87. The van der Waals surface area contributed by atoms with Crippen LogP contribution < -0.4 is 10.5 Å². The van der Waals surface area contributed by atoms with E-state index in [0.717, 1.165) is 47.1 Å². The number of aryl methyl sites for hydroxylation is 2. The molecular weight excluding hydrogens is 506 g/mol. The zero-order valence-corrected chi connectivity index (χ0v) is 22.2. The van der Waals surface area contributed by atoms with E-state index in [9.17, 15) is 9.59 Å². The minimum absolute atomic E-state index is 0.127. The molecule has 9 nitrogen and oxygen atoms in total. The Morgan fingerprint density at radius 1 is 1.13 bits per heavy atom. The van der Waals surface area contributed by atoms with Crippen molar-refractivity contribution in [2.75, 3.05) is 24.8 Å². The number of hydrogen-bond acceptors (Lipinski definition) is 6. The van der Waals surface area contributed by atoms with Gasteiger partial charge in [0.2, 0.25) is 5.91 Å². The number of carboxylic acid groups (broad SMARTS) is 1. The number of alkyl halides is 1. The van der Waals surface area contributed by atoms with Crippen LogP contribution in [0.25, 0.3) is 21.9 Å². The van der Waals surface area contributed by atoms with Crippen LogP contribution in [-0.4, -0.2) is 55.4 Å². The number of para-hydroxylation sites is 1. The van der Waals surface area contributed by atoms with E-state index in [0.29, 0.717) is 43.1 Å². The highest BCUT2D eigenvalue weighted by Crippen LogP contribution is 2.29. The predicted octanol–water partition coefficient (Wildman–Crippen LogP) is 4.63. The second-order valence-electron chi connectivity index (χ2n) is 9.13. The van der Waals surface area contributed by atoms with E-state index in [1.165, 1.54) is 0 Å². The third-order valence-corrected chi connectivity index (χ3v) is 6.58. The molecule has 0 saturated carbocycles. The molecule has 38 heavy (non-hydrogen) atoms. The number of amides is 1. The number of imidazole rings is 1. The Morgan fingerprint density at radius 2 is 1.95 bits per heavy atom. The lowest BCUT2D eigenvalue weighted by Crippen LogP contribution is -2.33. The highest BCUT2D eigenvalue weighted by atomic mass is 35.5. The Balaban J connectivity index is 1.56. The lowest BCUT2D eigenvalue weighted by molar-refractivity contribution is -0.139. The van der Waals surface area contributed by atoms with Crippen LogP contribution in [0.4, 0.5) is 5.82 Å². The van der Waals surface area contributed by atoms with Gasteiger partial charge in [0, 0.05) is 31.4 Å². The van der Waals surface area contributed by atoms with Gasteiger partial charge in [0.05, 0.1) is 11.0 Å². The number of anilines is 1. The van der Waals surface area contributed by atoms with Gasteiger partial charge in [-0.3, -0.25) is 4.79 Å². The molecule has 0 spiro atoms. The average Bonchev–Trinajstić information content (AvgIpc) is 3.29. The first kappa shape index (κ1) is 27.2. The lowest BCUT2D eigenvalue weighted by atomic mass is 10.1. The number of fused-ring (bicyclic) bond motifs is 3. The molecule has 0 unspecified atom stereocenters. The second kappa shape index (κ2) is 12.6. The smallest absolute Gasteiger partial charge is 0.341 e. The van der Waals surface area contributed by atoms with Crippen molar-refractivity contribution in [1.82, 2.24) is 19.4 Å². The average molecular weight is 538 g/mol. The topological polar surface area (TPSA) is 124 Å². The maximum absolute atomic E-state index is 12.7. The van der Waals surface area contributed by atoms with Gasteiger partial charge in [-0.1, -0.05) is 43.7 Å². The van der Waals surface area contributed by atoms with Crippen LogP contribution in [0.15, 0.2) is 48.5 Å². The molecule has 0 aliphatic heterocycles. The van der Waals surface area contributed by atoms with E-state index in [1.54, 1.807) is 23.1 Å². The molecule has 0 aliphatic carbocycles. The summed E-state index contributed by atoms with van der Waals surface area (Å²) in [4.78, 5) is 34.6. The SMILES string of the molecule is CCCCc1nc2c(N)nc3ccccc3c2n1CCCN(Cc1cccc(OCC(=O)O)c1)C(=O)CCl. The van der Waals surface area contributed by atoms with Gasteiger partial charge in [-0.15, -0.1) is 11.6 Å². The van der Waals surface area contributed by atoms with Crippen molar-refractivity contribution in [1.29, 1.82) is 0 Å². The van der Waals surface area contributed by atoms with Gasteiger partial charge in [0.1, 0.15) is 23.0 Å². The predicted molar refractivity (Wildman–Crippen MR) is 148 cm³/mol. The molecule has 0 bridgehead atoms. The number of carbonyl (C=O) groups excluding carboxylic acids is 1. The fourth-order valence-electron chi connectivity index (χ4n) is 4.57. The third-order valence-electron chi connectivity index (χ3n) is 6.35. The molecule has 0 fully saturated rings. The quantitative estimate of drug-likeness (QED) is 0.238. The van der Waals surface area contributed by atoms with Crippen LogP contribution in [-0.2, 0) is 29.1 Å². The van der Waals surface area contributed by atoms with Crippen LogP contribution >= 0.6 is 11.6 Å². The number of hydrogen-bond donors (Lipinski definition) is 2. The summed E-state index contributed by atoms with van der Waals surface area (Å²) in [7, 11) is 0. The Morgan fingerprint density at radius 3 is 2.71 bits per heavy atom. The van der Waals surface area contributed by atoms with Gasteiger partial charge in [-0.05, 0) is 36.6 Å². The maximum atomic E-state index is 12.7. The normalized spacial score (nSPS) is 11.2. The number of aliphatic carboxylic acids is 1. The zero-order valence-electron chi connectivity index (χ0n) is 21.4. The summed E-state index contributed by atoms with van der Waals surface area (Å²) in [6, 6.07) is 15.0. The van der Waals surface area contributed by atoms with Gasteiger partial charge in [-0.2, -0.15) is 0 Å². The number of halogens is 1. The van der Waals surface area contributed by atoms with E-state index in [-0.39, 0.29) is 11.8 Å². The van der Waals surface area contributed by atoms with Crippen LogP contribution in [0.2, 0.25) is 0 Å². The number of benzene rings is 2. The van der Waals surface area contributed by atoms with Crippen molar-refractivity contribution < 1.29 is 19.4 Å². The van der Waals surface area contributed by atoms with Crippen molar-refractivity contribution in [3.63, 3.8) is 0 Å². The number of carboxylic acids is 1. The molecule has 2 heterocycles. The molecule has 4 aromatic rings. The van der Waals surface area contributed by atoms with Gasteiger partial charge in [-0.25, -0.2) is 14.8 Å². The monoisotopic (exact) mass is 537 g/mol. The number of ether oxygens (including phenoxy) is 1. The lowest BCUT2D eigenvalue weighted by Gasteiger charge is -2.23. The molecular formula is C28H32ClN5O4. The first-order valence-corrected chi connectivity index (χ1v) is 13.2. The summed E-state index contributed by atoms with van der Waals surface area (Å²) in [5.74, 6) is 0.461. The van der Waals surface area contributed by atoms with Crippen LogP contribution in [0.3, 0.4) is 0 Å². The Hall–Kier alpha value is -3.85. The highest BCUT2D eigenvalue weighted by molar-refractivity contribution is 6.27. The fourth-order valence-corrected chi connectivity index (χ4v) is 4.74. The second-order valence-corrected chi connectivity index (χ2v) is 9.39. The summed E-state index contributed by atoms with van der Waals surface area (Å²) >= 11 is 5.93. The van der Waals surface area contributed by atoms with Crippen molar-refractivity contribution in [3.05, 3.63) is 59.9 Å². The number of aromatic nitrogens is 3. The van der Waals surface area contributed by atoms with Crippen LogP contribution in [0, 0.1) is 0 Å². The number of nitrogens with zero attached hydrogens (tertiary/aromatic N) is 4. The molecule has 4 rings (SSSR count). The number of unbranched alkanes of at least 4 members (excludes halogenated alkanes) is 1. The zero-order chi connectivity index (χ0) is 27.1. The molecule has 2 aromatic carbocycles. The number of pyridine rings is 1. The van der Waals surface area contributed by atoms with E-state index < -0.39 is 12.6 Å². The Labute approximate surface area is 226 Å². The van der Waals surface area contributed by atoms with Crippen molar-refractivity contribution in [2.45, 2.75) is 45.7 Å². The highest BCUT2D eigenvalue weighted by Gasteiger charge is 2.18. The van der Waals surface area contributed by atoms with Gasteiger partial charge in [0.25, 0.3) is 0 Å². The molecule has 3 N–H and O–H groups in total. The summed E-state index contributed by atoms with van der Waals surface area (Å²) in [6.45, 7) is 3.19. The Kier molecular flexibility index (Phi) is 9.02. The number of rotatable bonds is 13. The fraction of sp³-hybridized carbons (Fsp3) is 0.357. The number of nitrogens with two attached hydrogens (primary N) is 1. The maximum Gasteiger partial charge on any atom is 0.341 e. The van der Waals surface area contributed by atoms with Crippen molar-refractivity contribution in [2.24, 2.45) is 0 Å². The molecule has 200 valence electrons. The molecule has 2 aromatic heterocycles. The Bertz CT molecular complexity index is 1440. The van der Waals surface area contributed by atoms with E-state index in [4.69, 9.17) is 32.2 Å². The van der Waals surface area contributed by atoms with Crippen molar-refractivity contribution >= 4 is 51.2 Å². The molecule has 1 amide bonds. The van der Waals surface area contributed by atoms with Crippen molar-refractivity contribution in [3.8, 4) is 5.75 Å². The number of carbonyl (C=O) groups is 2. The van der Waals surface area contributed by atoms with E-state index in [2.05, 4.69) is 16.5 Å². The molecule has 0 radical (unpaired) electrons. The van der Waals surface area contributed by atoms with Gasteiger partial charge < -0.3 is 25.0 Å². The minimum atomic E-state index is -1.05. The first-order chi connectivity index (χ1) is 18.4. The summed E-state index contributed by atoms with van der Waals surface area (Å²) in [5.41, 5.74) is 9.64. The van der Waals surface area contributed by atoms with Crippen LogP contribution in [0.1, 0.15) is 37.6 Å². The molecule has 10 heteroatoms. The molecule has 0 atom stereocenters. The molecule has 0 saturated heterocycles. The van der Waals surface area contributed by atoms with E-state index in [1.807, 2.05) is 30.3 Å². The minimum Gasteiger partial charge on any atom is -0.482 e. The summed E-state index contributed by atoms with van der Waals surface area (Å²) in [6.07, 6.45) is 3.56. The third kappa shape index (κ3) is 6.34. The largest absolute Gasteiger partial charge is 0.482 e. The van der Waals surface area contributed by atoms with Gasteiger partial charge >= 0.3 is 5.97 Å². The summed E-state index contributed by atoms with van der Waals surface area (Å²) < 4.78 is 7.50. The van der Waals surface area contributed by atoms with Crippen LogP contribution in [0.5, 0.6) is 5.75 Å². The molecule has 0 aliphatic rings. The van der Waals surface area contributed by atoms with E-state index >= 15 is 0 Å². The standard InChI is InChI=1S/C28H32ClN5O4/c1-2-3-12-23-32-26-27(21-10-4-5-11-22(21)31-28(26)30)34(23)14-7-13-33(24(35)16-29)17-19-8-6-9-20(15-19)38-18-25(36)37/h4-6,8-11,15H,2-3,7,12-14,16-18H2,1H3,(H2,30,31)(H,36,37). The number of nitrogen functional groups attached to an aromatic ring is 1. The first-order valence-electron chi connectivity index (χ1n) is 12.7.